The van der Waals surface area contributed by atoms with Crippen molar-refractivity contribution in [1.82, 2.24) is 11.0 Å². The molecule has 2 heterocycles. The quantitative estimate of drug-likeness (QED) is 0.326. The molecule has 0 bridgehead atoms. The highest BCUT2D eigenvalue weighted by atomic mass is 16.8. The van der Waals surface area contributed by atoms with Gasteiger partial charge in [-0.15, -0.1) is 10.2 Å². The first-order valence-electron chi connectivity index (χ1n) is 5.72. The molecule has 2 aliphatic heterocycles. The molecule has 0 radical (unpaired) electrons. The van der Waals surface area contributed by atoms with Gasteiger partial charge in [0.25, 0.3) is 23.1 Å². The first-order chi connectivity index (χ1) is 12.2. The monoisotopic (exact) mass is 374 g/mol. The zero-order chi connectivity index (χ0) is 19.4. The van der Waals surface area contributed by atoms with Crippen molar-refractivity contribution >= 4 is 11.7 Å². The molecule has 2 N–H and O–H groups in total. The number of oxime groups is 2. The molecule has 0 atom stereocenters. The lowest BCUT2D eigenvalue weighted by molar-refractivity contribution is -0.617. The summed E-state index contributed by atoms with van der Waals surface area (Å²) in [4.78, 5) is 45.7. The highest BCUT2D eigenvalue weighted by Gasteiger charge is 2.41. The van der Waals surface area contributed by atoms with Crippen molar-refractivity contribution in [3.63, 3.8) is 0 Å². The van der Waals surface area contributed by atoms with Crippen molar-refractivity contribution in [2.45, 2.75) is 0 Å². The highest BCUT2D eigenvalue weighted by Crippen LogP contribution is 2.15. The maximum atomic E-state index is 10.7. The van der Waals surface area contributed by atoms with Crippen LogP contribution in [0.15, 0.2) is 43.6 Å². The second-order valence-electron chi connectivity index (χ2n) is 3.84. The maximum Gasteiger partial charge on any atom is 0.589 e. The van der Waals surface area contributed by atoms with Crippen molar-refractivity contribution in [1.29, 1.82) is 0 Å². The summed E-state index contributed by atoms with van der Waals surface area (Å²) in [6.45, 7) is 0. The molecule has 26 heavy (non-hydrogen) atoms. The number of hydrogen-bond donors (Lipinski definition) is 2. The number of nitro groups is 4. The second kappa shape index (κ2) is 6.77. The van der Waals surface area contributed by atoms with E-state index in [1.807, 2.05) is 0 Å². The van der Waals surface area contributed by atoms with Gasteiger partial charge < -0.3 is 0 Å². The van der Waals surface area contributed by atoms with E-state index in [0.717, 1.165) is 0 Å². The standard InChI is InChI=1S/C6H2N10O10/c17-13(18)5(14(19)20)1-3(11-25-9-1)7-8-4-2(10-26-12-4)6(15(21)22)16(23)24/h9-10H. The van der Waals surface area contributed by atoms with Crippen LogP contribution in [-0.2, 0) is 9.88 Å². The van der Waals surface area contributed by atoms with E-state index >= 15 is 0 Å². The summed E-state index contributed by atoms with van der Waals surface area (Å²) < 4.78 is 0. The molecule has 0 spiro atoms. The van der Waals surface area contributed by atoms with Gasteiger partial charge in [-0.1, -0.05) is 0 Å². The van der Waals surface area contributed by atoms with E-state index in [1.165, 1.54) is 0 Å². The van der Waals surface area contributed by atoms with Crippen molar-refractivity contribution in [2.75, 3.05) is 0 Å². The lowest BCUT2D eigenvalue weighted by atomic mass is 10.4. The third-order valence-corrected chi connectivity index (χ3v) is 2.39. The molecule has 0 aromatic heterocycles. The predicted octanol–water partition coefficient (Wildman–Crippen LogP) is -1.42. The lowest BCUT2D eigenvalue weighted by Gasteiger charge is -1.94. The van der Waals surface area contributed by atoms with E-state index in [1.54, 1.807) is 11.0 Å². The van der Waals surface area contributed by atoms with Crippen LogP contribution in [0.25, 0.3) is 0 Å². The van der Waals surface area contributed by atoms with Crippen LogP contribution in [0.3, 0.4) is 0 Å². The lowest BCUT2D eigenvalue weighted by Crippen LogP contribution is -2.22. The van der Waals surface area contributed by atoms with Crippen LogP contribution < -0.4 is 11.0 Å². The summed E-state index contributed by atoms with van der Waals surface area (Å²) in [5, 5.41) is 55.4. The van der Waals surface area contributed by atoms with Gasteiger partial charge in [0.05, 0.1) is 0 Å². The van der Waals surface area contributed by atoms with Gasteiger partial charge in [0, 0.05) is 0 Å². The molecule has 2 rings (SSSR count). The zero-order valence-corrected chi connectivity index (χ0v) is 11.7. The molecule has 0 saturated heterocycles. The minimum absolute atomic E-state index is 0.814. The van der Waals surface area contributed by atoms with E-state index in [-0.39, 0.29) is 0 Å². The van der Waals surface area contributed by atoms with Crippen LogP contribution in [0.4, 0.5) is 0 Å². The van der Waals surface area contributed by atoms with Crippen LogP contribution in [0, 0.1) is 40.5 Å². The number of nitrogens with zero attached hydrogens (tertiary/aromatic N) is 8. The summed E-state index contributed by atoms with van der Waals surface area (Å²) in [5.41, 5.74) is 1.68. The topological polar surface area (TPSA) is 265 Å². The molecule has 0 saturated carbocycles. The second-order valence-corrected chi connectivity index (χ2v) is 3.84. The Hall–Kier alpha value is -4.78. The van der Waals surface area contributed by atoms with Gasteiger partial charge in [-0.3, -0.25) is 50.3 Å². The molecule has 20 heteroatoms. The Morgan fingerprint density at radius 3 is 1.31 bits per heavy atom. The van der Waals surface area contributed by atoms with Crippen molar-refractivity contribution in [3.8, 4) is 0 Å². The molecular weight excluding hydrogens is 372 g/mol. The fraction of sp³-hybridized carbons (Fsp3) is 0. The minimum atomic E-state index is -1.59. The number of azo groups is 1. The molecule has 0 amide bonds. The van der Waals surface area contributed by atoms with Gasteiger partial charge in [0.1, 0.15) is 19.7 Å². The molecule has 0 unspecified atom stereocenters. The maximum absolute atomic E-state index is 10.7. The molecule has 0 aromatic carbocycles. The molecule has 136 valence electrons. The van der Waals surface area contributed by atoms with Gasteiger partial charge in [-0.25, -0.2) is 0 Å². The fourth-order valence-corrected chi connectivity index (χ4v) is 1.43. The summed E-state index contributed by atoms with van der Waals surface area (Å²) in [6, 6.07) is 0. The summed E-state index contributed by atoms with van der Waals surface area (Å²) in [6.07, 6.45) is 0. The Morgan fingerprint density at radius 1 is 0.731 bits per heavy atom. The number of hydroxylamine groups is 2. The molecule has 2 aliphatic rings. The van der Waals surface area contributed by atoms with E-state index < -0.39 is 54.4 Å². The van der Waals surface area contributed by atoms with Gasteiger partial charge in [-0.2, -0.15) is 11.0 Å². The normalized spacial score (nSPS) is 15.2. The van der Waals surface area contributed by atoms with Crippen molar-refractivity contribution in [2.24, 2.45) is 20.5 Å². The van der Waals surface area contributed by atoms with Crippen LogP contribution in [0.5, 0.6) is 0 Å². The zero-order valence-electron chi connectivity index (χ0n) is 11.7. The summed E-state index contributed by atoms with van der Waals surface area (Å²) in [5.74, 6) is -4.80. The average Bonchev–Trinajstić information content (AvgIpc) is 3.13. The van der Waals surface area contributed by atoms with E-state index in [0.29, 0.717) is 0 Å². The molecule has 0 aromatic rings. The number of hydrogen-bond acceptors (Lipinski definition) is 16. The highest BCUT2D eigenvalue weighted by molar-refractivity contribution is 6.02. The fourth-order valence-electron chi connectivity index (χ4n) is 1.43. The van der Waals surface area contributed by atoms with Crippen LogP contribution in [0.2, 0.25) is 0 Å². The van der Waals surface area contributed by atoms with Crippen LogP contribution in [0.1, 0.15) is 0 Å². The van der Waals surface area contributed by atoms with Gasteiger partial charge in [0.2, 0.25) is 0 Å². The van der Waals surface area contributed by atoms with E-state index in [9.17, 15) is 40.5 Å². The van der Waals surface area contributed by atoms with Crippen molar-refractivity contribution < 1.29 is 29.6 Å². The number of rotatable bonds is 4. The Balaban J connectivity index is 2.40. The summed E-state index contributed by atoms with van der Waals surface area (Å²) in [7, 11) is 0. The third kappa shape index (κ3) is 3.26. The smallest absolute Gasteiger partial charge is 0.268 e. The molecule has 0 fully saturated rings. The van der Waals surface area contributed by atoms with E-state index in [2.05, 4.69) is 30.4 Å². The van der Waals surface area contributed by atoms with Crippen molar-refractivity contribution in [3.05, 3.63) is 63.5 Å². The molecule has 0 aliphatic carbocycles. The van der Waals surface area contributed by atoms with Crippen LogP contribution in [-0.4, -0.2) is 31.4 Å². The number of amidine groups is 2. The van der Waals surface area contributed by atoms with Crippen LogP contribution >= 0.6 is 0 Å². The Kier molecular flexibility index (Phi) is 4.57. The Labute approximate surface area is 137 Å². The molecule has 20 nitrogen and oxygen atoms in total. The predicted molar refractivity (Wildman–Crippen MR) is 70.2 cm³/mol. The largest absolute Gasteiger partial charge is 0.589 e. The summed E-state index contributed by atoms with van der Waals surface area (Å²) >= 11 is 0. The van der Waals surface area contributed by atoms with Gasteiger partial charge in [-0.05, 0) is 10.3 Å². The first kappa shape index (κ1) is 17.6. The van der Waals surface area contributed by atoms with Gasteiger partial charge >= 0.3 is 11.6 Å². The SMILES string of the molecule is O=[N+]([O-])C(=C1NON=C1N=NC1=NONC1=C([N+](=O)[O-])[N+](=O)[O-])[N+](=O)[O-]. The number of nitrogens with one attached hydrogen (secondary N) is 2. The molecular formula is C6H2N10O10. The Morgan fingerprint density at radius 2 is 1.04 bits per heavy atom. The van der Waals surface area contributed by atoms with Gasteiger partial charge in [0.15, 0.2) is 0 Å². The Bertz CT molecular complexity index is 764. The third-order valence-electron chi connectivity index (χ3n) is 2.39. The first-order valence-corrected chi connectivity index (χ1v) is 5.72. The average molecular weight is 374 g/mol. The minimum Gasteiger partial charge on any atom is -0.268 e. The van der Waals surface area contributed by atoms with E-state index in [4.69, 9.17) is 0 Å².